The monoisotopic (exact) mass is 402 g/mol. The van der Waals surface area contributed by atoms with Gasteiger partial charge in [-0.2, -0.15) is 0 Å². The molecule has 30 heavy (non-hydrogen) atoms. The predicted octanol–water partition coefficient (Wildman–Crippen LogP) is 3.65. The van der Waals surface area contributed by atoms with Crippen molar-refractivity contribution in [3.05, 3.63) is 98.6 Å². The molecule has 3 aromatic heterocycles. The topological polar surface area (TPSA) is 75.6 Å². The summed E-state index contributed by atoms with van der Waals surface area (Å²) in [5.74, 6) is -0.299. The molecular formula is C23H19FN4O2. The Hall–Kier alpha value is -3.87. The van der Waals surface area contributed by atoms with Gasteiger partial charge in [-0.1, -0.05) is 18.2 Å². The molecule has 0 aliphatic rings. The van der Waals surface area contributed by atoms with Crippen LogP contribution in [0.4, 0.5) is 4.39 Å². The first-order valence-electron chi connectivity index (χ1n) is 9.69. The predicted molar refractivity (Wildman–Crippen MR) is 115 cm³/mol. The molecule has 0 saturated heterocycles. The quantitative estimate of drug-likeness (QED) is 0.481. The molecule has 3 heterocycles. The first kappa shape index (κ1) is 18.2. The lowest BCUT2D eigenvalue weighted by atomic mass is 10.1. The Morgan fingerprint density at radius 1 is 1.00 bits per heavy atom. The maximum absolute atomic E-state index is 13.6. The Bertz CT molecular complexity index is 1510. The largest absolute Gasteiger partial charge is 0.361 e. The SMILES string of the molecule is Cc1c2c(=O)n(-c3ccccc3)[nH]c2cc(=O)n1CCc1c[nH]c2ccc(F)cc12. The molecule has 0 saturated carbocycles. The number of benzene rings is 2. The number of hydrogen-bond acceptors (Lipinski definition) is 2. The van der Waals surface area contributed by atoms with Crippen molar-refractivity contribution in [3.63, 3.8) is 0 Å². The summed E-state index contributed by atoms with van der Waals surface area (Å²) in [6.45, 7) is 2.17. The average molecular weight is 402 g/mol. The highest BCUT2D eigenvalue weighted by Gasteiger charge is 2.15. The van der Waals surface area contributed by atoms with E-state index in [-0.39, 0.29) is 16.9 Å². The van der Waals surface area contributed by atoms with Crippen LogP contribution in [0.3, 0.4) is 0 Å². The van der Waals surface area contributed by atoms with Crippen LogP contribution in [0.2, 0.25) is 0 Å². The highest BCUT2D eigenvalue weighted by molar-refractivity contribution is 5.83. The number of H-pyrrole nitrogens is 2. The molecule has 7 heteroatoms. The summed E-state index contributed by atoms with van der Waals surface area (Å²) in [7, 11) is 0. The molecule has 2 N–H and O–H groups in total. The van der Waals surface area contributed by atoms with Crippen LogP contribution in [0.15, 0.2) is 70.4 Å². The third-order valence-electron chi connectivity index (χ3n) is 5.57. The minimum Gasteiger partial charge on any atom is -0.361 e. The maximum Gasteiger partial charge on any atom is 0.280 e. The smallest absolute Gasteiger partial charge is 0.280 e. The van der Waals surface area contributed by atoms with Gasteiger partial charge >= 0.3 is 0 Å². The van der Waals surface area contributed by atoms with Crippen molar-refractivity contribution in [1.82, 2.24) is 19.3 Å². The zero-order valence-electron chi connectivity index (χ0n) is 16.3. The first-order valence-corrected chi connectivity index (χ1v) is 9.69. The van der Waals surface area contributed by atoms with Gasteiger partial charge in [0.15, 0.2) is 0 Å². The number of pyridine rings is 1. The van der Waals surface area contributed by atoms with Gasteiger partial charge in [0.1, 0.15) is 5.82 Å². The molecule has 0 aliphatic heterocycles. The molecule has 5 aromatic rings. The lowest BCUT2D eigenvalue weighted by molar-refractivity contribution is 0.629. The Kier molecular flexibility index (Phi) is 4.17. The fraction of sp³-hybridized carbons (Fsp3) is 0.130. The van der Waals surface area contributed by atoms with E-state index in [0.29, 0.717) is 35.2 Å². The fourth-order valence-corrected chi connectivity index (χ4v) is 4.04. The number of halogens is 1. The molecule has 0 radical (unpaired) electrons. The molecule has 0 spiro atoms. The molecule has 0 unspecified atom stereocenters. The molecule has 0 bridgehead atoms. The average Bonchev–Trinajstić information content (AvgIpc) is 3.29. The van der Waals surface area contributed by atoms with Gasteiger partial charge in [0, 0.05) is 35.4 Å². The van der Waals surface area contributed by atoms with Crippen molar-refractivity contribution in [3.8, 4) is 5.69 Å². The van der Waals surface area contributed by atoms with Gasteiger partial charge in [0.25, 0.3) is 11.1 Å². The Morgan fingerprint density at radius 3 is 2.60 bits per heavy atom. The van der Waals surface area contributed by atoms with Gasteiger partial charge in [-0.25, -0.2) is 9.07 Å². The second-order valence-corrected chi connectivity index (χ2v) is 7.35. The summed E-state index contributed by atoms with van der Waals surface area (Å²) in [6, 6.07) is 15.3. The molecule has 0 atom stereocenters. The second kappa shape index (κ2) is 6.88. The summed E-state index contributed by atoms with van der Waals surface area (Å²) < 4.78 is 16.7. The van der Waals surface area contributed by atoms with Gasteiger partial charge in [-0.3, -0.25) is 14.7 Å². The van der Waals surface area contributed by atoms with Crippen molar-refractivity contribution in [2.45, 2.75) is 19.9 Å². The Morgan fingerprint density at radius 2 is 1.80 bits per heavy atom. The summed E-state index contributed by atoms with van der Waals surface area (Å²) in [5, 5.41) is 4.32. The van der Waals surface area contributed by atoms with Crippen LogP contribution in [0, 0.1) is 12.7 Å². The van der Waals surface area contributed by atoms with Crippen molar-refractivity contribution in [2.75, 3.05) is 0 Å². The molecule has 0 amide bonds. The summed E-state index contributed by atoms with van der Waals surface area (Å²) in [6.07, 6.45) is 2.37. The molecule has 2 aromatic carbocycles. The minimum atomic E-state index is -0.299. The van der Waals surface area contributed by atoms with E-state index in [1.165, 1.54) is 22.9 Å². The summed E-state index contributed by atoms with van der Waals surface area (Å²) in [5.41, 5.74) is 3.22. The van der Waals surface area contributed by atoms with Crippen LogP contribution in [0.5, 0.6) is 0 Å². The van der Waals surface area contributed by atoms with E-state index in [2.05, 4.69) is 10.1 Å². The zero-order valence-corrected chi connectivity index (χ0v) is 16.3. The van der Waals surface area contributed by atoms with E-state index in [1.54, 1.807) is 17.6 Å². The third kappa shape index (κ3) is 2.86. The number of aromatic amines is 2. The van der Waals surface area contributed by atoms with Crippen LogP contribution in [0.25, 0.3) is 27.5 Å². The number of nitrogens with zero attached hydrogens (tertiary/aromatic N) is 2. The van der Waals surface area contributed by atoms with Crippen LogP contribution in [-0.2, 0) is 13.0 Å². The number of aromatic nitrogens is 4. The van der Waals surface area contributed by atoms with Gasteiger partial charge in [0.2, 0.25) is 0 Å². The maximum atomic E-state index is 13.6. The van der Waals surface area contributed by atoms with E-state index in [0.717, 1.165) is 16.5 Å². The van der Waals surface area contributed by atoms with E-state index in [4.69, 9.17) is 0 Å². The molecule has 6 nitrogen and oxygen atoms in total. The standard InChI is InChI=1S/C23H19FN4O2/c1-14-22-20(26-28(23(22)30)17-5-3-2-4-6-17)12-21(29)27(14)10-9-15-13-25-19-8-7-16(24)11-18(15)19/h2-8,11-13,25-26H,9-10H2,1H3. The van der Waals surface area contributed by atoms with Crippen LogP contribution < -0.4 is 11.1 Å². The normalized spacial score (nSPS) is 11.5. The molecule has 0 fully saturated rings. The van der Waals surface area contributed by atoms with Gasteiger partial charge in [0.05, 0.1) is 16.6 Å². The van der Waals surface area contributed by atoms with E-state index >= 15 is 0 Å². The molecule has 150 valence electrons. The van der Waals surface area contributed by atoms with E-state index in [1.807, 2.05) is 36.5 Å². The number of aryl methyl sites for hydroxylation is 2. The van der Waals surface area contributed by atoms with Crippen LogP contribution in [0.1, 0.15) is 11.3 Å². The van der Waals surface area contributed by atoms with E-state index < -0.39 is 0 Å². The summed E-state index contributed by atoms with van der Waals surface area (Å²) in [4.78, 5) is 28.9. The minimum absolute atomic E-state index is 0.188. The molecular weight excluding hydrogens is 383 g/mol. The van der Waals surface area contributed by atoms with Crippen molar-refractivity contribution in [2.24, 2.45) is 0 Å². The number of fused-ring (bicyclic) bond motifs is 2. The third-order valence-corrected chi connectivity index (χ3v) is 5.57. The van der Waals surface area contributed by atoms with Crippen LogP contribution in [-0.4, -0.2) is 19.3 Å². The highest BCUT2D eigenvalue weighted by Crippen LogP contribution is 2.21. The van der Waals surface area contributed by atoms with Gasteiger partial charge in [-0.15, -0.1) is 0 Å². The second-order valence-electron chi connectivity index (χ2n) is 7.35. The zero-order chi connectivity index (χ0) is 20.8. The Labute approximate surface area is 170 Å². The lowest BCUT2D eigenvalue weighted by Crippen LogP contribution is -2.24. The number of rotatable bonds is 4. The van der Waals surface area contributed by atoms with Gasteiger partial charge in [-0.05, 0) is 49.2 Å². The molecule has 5 rings (SSSR count). The van der Waals surface area contributed by atoms with E-state index in [9.17, 15) is 14.0 Å². The summed E-state index contributed by atoms with van der Waals surface area (Å²) >= 11 is 0. The van der Waals surface area contributed by atoms with Gasteiger partial charge < -0.3 is 9.55 Å². The van der Waals surface area contributed by atoms with Crippen molar-refractivity contribution in [1.29, 1.82) is 0 Å². The highest BCUT2D eigenvalue weighted by atomic mass is 19.1. The first-order chi connectivity index (χ1) is 14.5. The van der Waals surface area contributed by atoms with Crippen LogP contribution >= 0.6 is 0 Å². The Balaban J connectivity index is 1.56. The lowest BCUT2D eigenvalue weighted by Gasteiger charge is -2.09. The fourth-order valence-electron chi connectivity index (χ4n) is 4.04. The number of nitrogens with one attached hydrogen (secondary N) is 2. The van der Waals surface area contributed by atoms with Crippen molar-refractivity contribution >= 4 is 21.8 Å². The number of hydrogen-bond donors (Lipinski definition) is 2. The molecule has 0 aliphatic carbocycles. The number of para-hydroxylation sites is 1. The van der Waals surface area contributed by atoms with Crippen molar-refractivity contribution < 1.29 is 4.39 Å².